The van der Waals surface area contributed by atoms with Crippen LogP contribution in [-0.2, 0) is 19.5 Å². The number of sulfonamides is 1. The lowest BCUT2D eigenvalue weighted by Crippen LogP contribution is -2.26. The van der Waals surface area contributed by atoms with E-state index in [0.29, 0.717) is 15.0 Å². The van der Waals surface area contributed by atoms with Crippen LogP contribution in [0.2, 0.25) is 0 Å². The van der Waals surface area contributed by atoms with E-state index in [2.05, 4.69) is 25.6 Å². The highest BCUT2D eigenvalue weighted by Crippen LogP contribution is 2.29. The van der Waals surface area contributed by atoms with Crippen molar-refractivity contribution >= 4 is 60.7 Å². The summed E-state index contributed by atoms with van der Waals surface area (Å²) < 4.78 is 38.6. The third-order valence-corrected chi connectivity index (χ3v) is 8.41. The van der Waals surface area contributed by atoms with Gasteiger partial charge in [0.05, 0.1) is 33.4 Å². The Morgan fingerprint density at radius 1 is 1.09 bits per heavy atom. The zero-order chi connectivity index (χ0) is 25.2. The van der Waals surface area contributed by atoms with Crippen molar-refractivity contribution in [3.05, 3.63) is 68.3 Å². The van der Waals surface area contributed by atoms with Crippen molar-refractivity contribution in [2.75, 3.05) is 11.8 Å². The van der Waals surface area contributed by atoms with Gasteiger partial charge in [0.15, 0.2) is 6.10 Å². The second kappa shape index (κ2) is 10.1. The zero-order valence-corrected chi connectivity index (χ0v) is 21.8. The molecule has 2 heterocycles. The monoisotopic (exact) mass is 568 g/mol. The summed E-state index contributed by atoms with van der Waals surface area (Å²) in [6.07, 6.45) is -1.22. The van der Waals surface area contributed by atoms with Gasteiger partial charge in [-0.3, -0.25) is 9.52 Å². The number of H-pyrrole nitrogens is 1. The zero-order valence-electron chi connectivity index (χ0n) is 18.6. The van der Waals surface area contributed by atoms with Gasteiger partial charge in [0, 0.05) is 5.69 Å². The van der Waals surface area contributed by atoms with Crippen LogP contribution < -0.4 is 4.72 Å². The molecule has 0 radical (unpaired) electrons. The topological polar surface area (TPSA) is 132 Å². The van der Waals surface area contributed by atoms with E-state index in [0.717, 1.165) is 11.3 Å². The Balaban J connectivity index is 1.82. The molecule has 0 aliphatic carbocycles. The van der Waals surface area contributed by atoms with Gasteiger partial charge >= 0.3 is 11.9 Å². The van der Waals surface area contributed by atoms with Gasteiger partial charge in [-0.05, 0) is 66.5 Å². The molecule has 0 aliphatic rings. The third-order valence-electron chi connectivity index (χ3n) is 4.93. The van der Waals surface area contributed by atoms with Crippen LogP contribution in [0, 0.1) is 13.8 Å². The molecule has 0 saturated heterocycles. The van der Waals surface area contributed by atoms with E-state index >= 15 is 0 Å². The average molecular weight is 569 g/mol. The first kappa shape index (κ1) is 25.7. The van der Waals surface area contributed by atoms with E-state index in [1.54, 1.807) is 32.0 Å². The number of aromatic amines is 1. The summed E-state index contributed by atoms with van der Waals surface area (Å²) in [7, 11) is -2.70. The highest BCUT2D eigenvalue weighted by atomic mass is 79.9. The maximum atomic E-state index is 12.9. The number of methoxy groups -OCH3 is 1. The van der Waals surface area contributed by atoms with Crippen molar-refractivity contribution in [2.24, 2.45) is 0 Å². The number of hydrogen-bond donors (Lipinski definition) is 2. The SMILES string of the molecule is COC(=O)c1c(C)[nH]c(C(=O)[C@@H](C)OC(=O)c2ccccc2NS(=O)(=O)c2ccc(Br)s2)c1C. The van der Waals surface area contributed by atoms with Crippen molar-refractivity contribution < 1.29 is 32.3 Å². The quantitative estimate of drug-likeness (QED) is 0.302. The Hall–Kier alpha value is -2.96. The molecule has 34 heavy (non-hydrogen) atoms. The fourth-order valence-corrected chi connectivity index (χ4v) is 6.36. The van der Waals surface area contributed by atoms with Gasteiger partial charge in [0.1, 0.15) is 4.21 Å². The Morgan fingerprint density at radius 2 is 1.76 bits per heavy atom. The number of esters is 2. The van der Waals surface area contributed by atoms with Crippen LogP contribution in [0.4, 0.5) is 5.69 Å². The highest BCUT2D eigenvalue weighted by molar-refractivity contribution is 9.11. The molecule has 3 rings (SSSR count). The number of halogens is 1. The maximum Gasteiger partial charge on any atom is 0.340 e. The minimum Gasteiger partial charge on any atom is -0.465 e. The molecule has 2 aromatic heterocycles. The predicted molar refractivity (Wildman–Crippen MR) is 130 cm³/mol. The summed E-state index contributed by atoms with van der Waals surface area (Å²) in [5, 5.41) is 0. The van der Waals surface area contributed by atoms with Crippen LogP contribution >= 0.6 is 27.3 Å². The second-order valence-corrected chi connectivity index (χ2v) is 11.6. The van der Waals surface area contributed by atoms with Crippen molar-refractivity contribution in [3.8, 4) is 0 Å². The van der Waals surface area contributed by atoms with Crippen molar-refractivity contribution in [2.45, 2.75) is 31.1 Å². The number of thiophene rings is 1. The molecule has 0 unspecified atom stereocenters. The summed E-state index contributed by atoms with van der Waals surface area (Å²) >= 11 is 4.24. The number of aryl methyl sites for hydroxylation is 1. The van der Waals surface area contributed by atoms with Crippen molar-refractivity contribution in [1.29, 1.82) is 0 Å². The Bertz CT molecular complexity index is 1380. The lowest BCUT2D eigenvalue weighted by atomic mass is 10.1. The smallest absolute Gasteiger partial charge is 0.340 e. The lowest BCUT2D eigenvalue weighted by Gasteiger charge is -2.15. The first-order valence-electron chi connectivity index (χ1n) is 9.86. The number of aromatic nitrogens is 1. The van der Waals surface area contributed by atoms with Crippen molar-refractivity contribution in [1.82, 2.24) is 4.98 Å². The molecular weight excluding hydrogens is 548 g/mol. The van der Waals surface area contributed by atoms with Gasteiger partial charge in [-0.1, -0.05) is 12.1 Å². The number of anilines is 1. The molecule has 1 atom stereocenters. The van der Waals surface area contributed by atoms with Gasteiger partial charge < -0.3 is 14.5 Å². The summed E-state index contributed by atoms with van der Waals surface area (Å²) in [5.74, 6) is -2.03. The van der Waals surface area contributed by atoms with Gasteiger partial charge in [0.2, 0.25) is 5.78 Å². The van der Waals surface area contributed by atoms with Gasteiger partial charge in [-0.25, -0.2) is 18.0 Å². The number of ether oxygens (including phenoxy) is 2. The average Bonchev–Trinajstić information content (AvgIpc) is 3.35. The van der Waals surface area contributed by atoms with E-state index in [1.165, 1.54) is 32.2 Å². The Labute approximate surface area is 208 Å². The number of benzene rings is 1. The minimum atomic E-state index is -3.94. The van der Waals surface area contributed by atoms with Crippen LogP contribution in [0.15, 0.2) is 44.4 Å². The van der Waals surface area contributed by atoms with E-state index in [1.807, 2.05) is 0 Å². The molecule has 0 bridgehead atoms. The van der Waals surface area contributed by atoms with E-state index in [4.69, 9.17) is 9.47 Å². The first-order valence-corrected chi connectivity index (χ1v) is 13.0. The van der Waals surface area contributed by atoms with Crippen LogP contribution in [0.1, 0.15) is 49.4 Å². The first-order chi connectivity index (χ1) is 16.0. The lowest BCUT2D eigenvalue weighted by molar-refractivity contribution is 0.0317. The molecule has 1 aromatic carbocycles. The summed E-state index contributed by atoms with van der Waals surface area (Å²) in [5.41, 5.74) is 1.14. The predicted octanol–water partition coefficient (Wildman–Crippen LogP) is 4.47. The fraction of sp³-hybridized carbons (Fsp3) is 0.227. The fourth-order valence-electron chi connectivity index (χ4n) is 3.27. The van der Waals surface area contributed by atoms with E-state index in [-0.39, 0.29) is 26.7 Å². The Kier molecular flexibility index (Phi) is 7.64. The number of rotatable bonds is 8. The number of Topliss-reactive ketones (excluding diaryl/α,β-unsaturated/α-hetero) is 1. The largest absolute Gasteiger partial charge is 0.465 e. The van der Waals surface area contributed by atoms with Crippen LogP contribution in [0.5, 0.6) is 0 Å². The number of ketones is 1. The van der Waals surface area contributed by atoms with E-state index in [9.17, 15) is 22.8 Å². The minimum absolute atomic E-state index is 0.0107. The molecule has 0 aliphatic heterocycles. The van der Waals surface area contributed by atoms with Gasteiger partial charge in [-0.15, -0.1) is 11.3 Å². The van der Waals surface area contributed by atoms with E-state index < -0.39 is 33.8 Å². The molecule has 3 aromatic rings. The molecule has 0 amide bonds. The number of carbonyl (C=O) groups excluding carboxylic acids is 3. The molecule has 2 N–H and O–H groups in total. The Morgan fingerprint density at radius 3 is 2.38 bits per heavy atom. The van der Waals surface area contributed by atoms with Gasteiger partial charge in [0.25, 0.3) is 10.0 Å². The van der Waals surface area contributed by atoms with Crippen LogP contribution in [0.3, 0.4) is 0 Å². The molecule has 180 valence electrons. The summed E-state index contributed by atoms with van der Waals surface area (Å²) in [6, 6.07) is 8.95. The maximum absolute atomic E-state index is 12.9. The molecule has 0 saturated carbocycles. The molecule has 0 fully saturated rings. The summed E-state index contributed by atoms with van der Waals surface area (Å²) in [6.45, 7) is 4.61. The third kappa shape index (κ3) is 5.24. The number of nitrogens with one attached hydrogen (secondary N) is 2. The standard InChI is InChI=1S/C22H21BrN2O7S2/c1-11-18(22(28)31-4)12(2)24-19(11)20(26)13(3)32-21(27)14-7-5-6-8-15(14)25-34(29,30)17-10-9-16(23)33-17/h5-10,13,24-25H,1-4H3/t13-/m1/s1. The van der Waals surface area contributed by atoms with Gasteiger partial charge in [-0.2, -0.15) is 0 Å². The molecule has 9 nitrogen and oxygen atoms in total. The van der Waals surface area contributed by atoms with Crippen LogP contribution in [-0.4, -0.2) is 44.3 Å². The summed E-state index contributed by atoms with van der Waals surface area (Å²) in [4.78, 5) is 40.6. The number of hydrogen-bond acceptors (Lipinski definition) is 8. The highest BCUT2D eigenvalue weighted by Gasteiger charge is 2.28. The van der Waals surface area contributed by atoms with Crippen molar-refractivity contribution in [3.63, 3.8) is 0 Å². The molecular formula is C22H21BrN2O7S2. The second-order valence-electron chi connectivity index (χ2n) is 7.24. The molecule has 0 spiro atoms. The number of para-hydroxylation sites is 1. The number of carbonyl (C=O) groups is 3. The normalized spacial score (nSPS) is 12.1. The molecule has 12 heteroatoms. The van der Waals surface area contributed by atoms with Crippen LogP contribution in [0.25, 0.3) is 0 Å².